The highest BCUT2D eigenvalue weighted by Crippen LogP contribution is 2.24. The quantitative estimate of drug-likeness (QED) is 0.294. The van der Waals surface area contributed by atoms with Crippen molar-refractivity contribution in [2.45, 2.75) is 19.9 Å². The molecule has 0 saturated heterocycles. The molecule has 34 heavy (non-hydrogen) atoms. The Labute approximate surface area is 198 Å². The Morgan fingerprint density at radius 3 is 2.29 bits per heavy atom. The Hall–Kier alpha value is -4.63. The summed E-state index contributed by atoms with van der Waals surface area (Å²) in [4.78, 5) is 25.4. The van der Waals surface area contributed by atoms with Crippen LogP contribution in [0.3, 0.4) is 0 Å². The molecule has 2 amide bonds. The minimum absolute atomic E-state index is 0.0174. The van der Waals surface area contributed by atoms with Gasteiger partial charge < -0.3 is 15.2 Å². The molecule has 4 rings (SSSR count). The molecule has 0 aliphatic rings. The molecule has 0 spiro atoms. The maximum absolute atomic E-state index is 12.8. The zero-order valence-corrected chi connectivity index (χ0v) is 18.8. The van der Waals surface area contributed by atoms with E-state index in [-0.39, 0.29) is 18.0 Å². The van der Waals surface area contributed by atoms with Gasteiger partial charge in [-0.25, -0.2) is 0 Å². The SMILES string of the molecule is CCc1ccc(NC(=O)/C(C#N)=C/c2cn(CC(=O)Nc3ccccc3)c3ccccc23)cc1. The van der Waals surface area contributed by atoms with Crippen LogP contribution in [0.4, 0.5) is 11.4 Å². The van der Waals surface area contributed by atoms with E-state index < -0.39 is 5.91 Å². The van der Waals surface area contributed by atoms with Crippen molar-refractivity contribution in [3.8, 4) is 6.07 Å². The Kier molecular flexibility index (Phi) is 6.85. The lowest BCUT2D eigenvalue weighted by Gasteiger charge is -2.07. The summed E-state index contributed by atoms with van der Waals surface area (Å²) in [6.07, 6.45) is 4.25. The fraction of sp³-hybridized carbons (Fsp3) is 0.107. The molecule has 4 aromatic rings. The smallest absolute Gasteiger partial charge is 0.266 e. The number of rotatable bonds is 7. The van der Waals surface area contributed by atoms with Crippen LogP contribution in [0, 0.1) is 11.3 Å². The first kappa shape index (κ1) is 22.6. The van der Waals surface area contributed by atoms with Gasteiger partial charge >= 0.3 is 0 Å². The normalized spacial score (nSPS) is 11.1. The van der Waals surface area contributed by atoms with E-state index in [4.69, 9.17) is 0 Å². The summed E-state index contributed by atoms with van der Waals surface area (Å²) in [5.74, 6) is -0.651. The Bertz CT molecular complexity index is 1390. The van der Waals surface area contributed by atoms with Crippen LogP contribution in [0.25, 0.3) is 17.0 Å². The molecule has 6 nitrogen and oxygen atoms in total. The fourth-order valence-electron chi connectivity index (χ4n) is 3.72. The van der Waals surface area contributed by atoms with Gasteiger partial charge in [-0.05, 0) is 48.4 Å². The van der Waals surface area contributed by atoms with E-state index in [1.165, 1.54) is 0 Å². The summed E-state index contributed by atoms with van der Waals surface area (Å²) in [6, 6.07) is 26.4. The Morgan fingerprint density at radius 1 is 0.912 bits per heavy atom. The van der Waals surface area contributed by atoms with Crippen LogP contribution in [0.15, 0.2) is 90.6 Å². The molecule has 1 aromatic heterocycles. The number of carbonyl (C=O) groups is 2. The summed E-state index contributed by atoms with van der Waals surface area (Å²) in [6.45, 7) is 2.16. The molecule has 0 saturated carbocycles. The minimum Gasteiger partial charge on any atom is -0.337 e. The lowest BCUT2D eigenvalue weighted by molar-refractivity contribution is -0.116. The number of nitrogens with zero attached hydrogens (tertiary/aromatic N) is 2. The molecule has 0 fully saturated rings. The first-order valence-electron chi connectivity index (χ1n) is 11.0. The largest absolute Gasteiger partial charge is 0.337 e. The highest BCUT2D eigenvalue weighted by Gasteiger charge is 2.14. The zero-order valence-electron chi connectivity index (χ0n) is 18.8. The van der Waals surface area contributed by atoms with E-state index in [9.17, 15) is 14.9 Å². The number of para-hydroxylation sites is 2. The summed E-state index contributed by atoms with van der Waals surface area (Å²) in [7, 11) is 0. The predicted octanol–water partition coefficient (Wildman–Crippen LogP) is 5.39. The predicted molar refractivity (Wildman–Crippen MR) is 135 cm³/mol. The van der Waals surface area contributed by atoms with Gasteiger partial charge in [0.25, 0.3) is 5.91 Å². The van der Waals surface area contributed by atoms with E-state index in [1.807, 2.05) is 89.5 Å². The van der Waals surface area contributed by atoms with Crippen molar-refractivity contribution in [1.29, 1.82) is 5.26 Å². The van der Waals surface area contributed by atoms with Gasteiger partial charge in [0.15, 0.2) is 0 Å². The van der Waals surface area contributed by atoms with Crippen LogP contribution in [0.2, 0.25) is 0 Å². The van der Waals surface area contributed by atoms with E-state index in [0.717, 1.165) is 28.6 Å². The Balaban J connectivity index is 1.58. The molecule has 0 bridgehead atoms. The van der Waals surface area contributed by atoms with Crippen molar-refractivity contribution in [3.63, 3.8) is 0 Å². The fourth-order valence-corrected chi connectivity index (χ4v) is 3.72. The van der Waals surface area contributed by atoms with Crippen molar-refractivity contribution < 1.29 is 9.59 Å². The monoisotopic (exact) mass is 448 g/mol. The van der Waals surface area contributed by atoms with E-state index in [2.05, 4.69) is 17.6 Å². The zero-order chi connectivity index (χ0) is 23.9. The van der Waals surface area contributed by atoms with Gasteiger partial charge in [-0.15, -0.1) is 0 Å². The van der Waals surface area contributed by atoms with Gasteiger partial charge in [0.05, 0.1) is 0 Å². The summed E-state index contributed by atoms with van der Waals surface area (Å²) in [5.41, 5.74) is 4.03. The molecular weight excluding hydrogens is 424 g/mol. The summed E-state index contributed by atoms with van der Waals surface area (Å²) < 4.78 is 1.82. The number of aromatic nitrogens is 1. The maximum Gasteiger partial charge on any atom is 0.266 e. The number of fused-ring (bicyclic) bond motifs is 1. The number of nitriles is 1. The van der Waals surface area contributed by atoms with Crippen molar-refractivity contribution in [2.24, 2.45) is 0 Å². The minimum atomic E-state index is -0.481. The summed E-state index contributed by atoms with van der Waals surface area (Å²) >= 11 is 0. The van der Waals surface area contributed by atoms with Crippen molar-refractivity contribution in [3.05, 3.63) is 102 Å². The second-order valence-electron chi connectivity index (χ2n) is 7.82. The van der Waals surface area contributed by atoms with Gasteiger partial charge in [-0.2, -0.15) is 5.26 Å². The van der Waals surface area contributed by atoms with Crippen LogP contribution >= 0.6 is 0 Å². The molecule has 6 heteroatoms. The topological polar surface area (TPSA) is 86.9 Å². The molecule has 0 aliphatic heterocycles. The number of carbonyl (C=O) groups excluding carboxylic acids is 2. The van der Waals surface area contributed by atoms with Crippen molar-refractivity contribution in [2.75, 3.05) is 10.6 Å². The molecule has 168 valence electrons. The molecule has 0 aliphatic carbocycles. The highest BCUT2D eigenvalue weighted by molar-refractivity contribution is 6.10. The van der Waals surface area contributed by atoms with Gasteiger partial charge in [-0.3, -0.25) is 9.59 Å². The number of anilines is 2. The summed E-state index contributed by atoms with van der Waals surface area (Å²) in [5, 5.41) is 16.2. The number of hydrogen-bond donors (Lipinski definition) is 2. The van der Waals surface area contributed by atoms with Gasteiger partial charge in [0, 0.05) is 34.0 Å². The lowest BCUT2D eigenvalue weighted by Crippen LogP contribution is -2.18. The first-order valence-corrected chi connectivity index (χ1v) is 11.0. The van der Waals surface area contributed by atoms with Crippen LogP contribution in [0.1, 0.15) is 18.1 Å². The van der Waals surface area contributed by atoms with Crippen molar-refractivity contribution >= 4 is 40.2 Å². The second kappa shape index (κ2) is 10.3. The lowest BCUT2D eigenvalue weighted by atomic mass is 10.1. The average molecular weight is 449 g/mol. The Morgan fingerprint density at radius 2 is 1.59 bits per heavy atom. The van der Waals surface area contributed by atoms with Crippen molar-refractivity contribution in [1.82, 2.24) is 4.57 Å². The van der Waals surface area contributed by atoms with Gasteiger partial charge in [0.1, 0.15) is 18.2 Å². The molecule has 3 aromatic carbocycles. The molecule has 1 heterocycles. The maximum atomic E-state index is 12.8. The standard InChI is InChI=1S/C28H24N4O2/c1-2-20-12-14-24(15-13-20)31-28(34)21(17-29)16-22-18-32(26-11-7-6-10-25(22)26)19-27(33)30-23-8-4-3-5-9-23/h3-16,18H,2,19H2,1H3,(H,30,33)(H,31,34)/b21-16+. The average Bonchev–Trinajstić information content (AvgIpc) is 3.20. The van der Waals surface area contributed by atoms with Crippen LogP contribution in [-0.4, -0.2) is 16.4 Å². The number of amides is 2. The molecule has 0 atom stereocenters. The highest BCUT2D eigenvalue weighted by atomic mass is 16.2. The van der Waals surface area contributed by atoms with Crippen LogP contribution in [-0.2, 0) is 22.6 Å². The molecule has 0 radical (unpaired) electrons. The number of aryl methyl sites for hydroxylation is 1. The number of hydrogen-bond acceptors (Lipinski definition) is 3. The van der Waals surface area contributed by atoms with Gasteiger partial charge in [0.2, 0.25) is 5.91 Å². The second-order valence-corrected chi connectivity index (χ2v) is 7.82. The van der Waals surface area contributed by atoms with E-state index >= 15 is 0 Å². The van der Waals surface area contributed by atoms with E-state index in [0.29, 0.717) is 11.3 Å². The molecule has 0 unspecified atom stereocenters. The number of nitrogens with one attached hydrogen (secondary N) is 2. The van der Waals surface area contributed by atoms with E-state index in [1.54, 1.807) is 12.3 Å². The third-order valence-electron chi connectivity index (χ3n) is 5.48. The third-order valence-corrected chi connectivity index (χ3v) is 5.48. The third kappa shape index (κ3) is 5.22. The number of benzene rings is 3. The van der Waals surface area contributed by atoms with Gasteiger partial charge in [-0.1, -0.05) is 55.5 Å². The van der Waals surface area contributed by atoms with Crippen LogP contribution < -0.4 is 10.6 Å². The molecule has 2 N–H and O–H groups in total. The molecular formula is C28H24N4O2. The van der Waals surface area contributed by atoms with Crippen LogP contribution in [0.5, 0.6) is 0 Å². The first-order chi connectivity index (χ1) is 16.6.